The Kier molecular flexibility index (Phi) is 5.95. The molecule has 0 atom stereocenters. The lowest BCUT2D eigenvalue weighted by Gasteiger charge is -2.26. The number of anilines is 3. The van der Waals surface area contributed by atoms with Crippen LogP contribution in [0.3, 0.4) is 0 Å². The summed E-state index contributed by atoms with van der Waals surface area (Å²) in [5.41, 5.74) is 3.38. The van der Waals surface area contributed by atoms with Crippen molar-refractivity contribution in [3.05, 3.63) is 65.5 Å². The Hall–Kier alpha value is -3.82. The van der Waals surface area contributed by atoms with Gasteiger partial charge in [0, 0.05) is 54.2 Å². The van der Waals surface area contributed by atoms with Gasteiger partial charge in [0.1, 0.15) is 5.82 Å². The Labute approximate surface area is 201 Å². The van der Waals surface area contributed by atoms with Crippen molar-refractivity contribution in [3.8, 4) is 11.1 Å². The average Bonchev–Trinajstić information content (AvgIpc) is 2.88. The zero-order valence-corrected chi connectivity index (χ0v) is 19.3. The molecule has 0 bridgehead atoms. The number of rotatable bonds is 5. The SMILES string of the molecule is CN(c1cccc(-c2cnc(N3CCOCC3)nc2)c1)c1nc(=N)n(C=N)c2cc(Cl)ccc12. The fraction of sp³-hybridized carbons (Fsp3) is 0.208. The monoisotopic (exact) mass is 474 g/mol. The summed E-state index contributed by atoms with van der Waals surface area (Å²) in [7, 11) is 1.90. The van der Waals surface area contributed by atoms with Gasteiger partial charge in [-0.2, -0.15) is 4.98 Å². The number of ether oxygens (including phenoxy) is 1. The summed E-state index contributed by atoms with van der Waals surface area (Å²) in [6, 6.07) is 13.4. The standard InChI is InChI=1S/C24H23ClN8O/c1-31(22-20-6-5-18(25)12-21(20)33(15-26)23(27)30-22)19-4-2-3-16(11-19)17-13-28-24(29-14-17)32-7-9-34-10-8-32/h2-6,11-15,26-27H,7-10H2,1H3. The van der Waals surface area contributed by atoms with Gasteiger partial charge in [-0.15, -0.1) is 0 Å². The van der Waals surface area contributed by atoms with E-state index >= 15 is 0 Å². The fourth-order valence-electron chi connectivity index (χ4n) is 4.02. The zero-order valence-electron chi connectivity index (χ0n) is 18.6. The maximum Gasteiger partial charge on any atom is 0.229 e. The molecule has 2 N–H and O–H groups in total. The molecular weight excluding hydrogens is 452 g/mol. The van der Waals surface area contributed by atoms with Crippen LogP contribution in [-0.2, 0) is 4.74 Å². The van der Waals surface area contributed by atoms with Gasteiger partial charge in [0.05, 0.1) is 25.1 Å². The minimum Gasteiger partial charge on any atom is -0.378 e. The number of nitrogens with zero attached hydrogens (tertiary/aromatic N) is 6. The lowest BCUT2D eigenvalue weighted by atomic mass is 10.1. The van der Waals surface area contributed by atoms with Crippen LogP contribution in [0.25, 0.3) is 22.0 Å². The van der Waals surface area contributed by atoms with E-state index in [1.807, 2.05) is 54.7 Å². The number of fused-ring (bicyclic) bond motifs is 1. The summed E-state index contributed by atoms with van der Waals surface area (Å²) >= 11 is 6.19. The van der Waals surface area contributed by atoms with Gasteiger partial charge in [0.2, 0.25) is 11.6 Å². The number of nitrogens with one attached hydrogen (secondary N) is 2. The second kappa shape index (κ2) is 9.20. The molecule has 3 heterocycles. The highest BCUT2D eigenvalue weighted by Crippen LogP contribution is 2.31. The van der Waals surface area contributed by atoms with E-state index in [2.05, 4.69) is 19.9 Å². The molecule has 0 spiro atoms. The average molecular weight is 475 g/mol. The molecule has 1 saturated heterocycles. The van der Waals surface area contributed by atoms with Crippen LogP contribution in [0, 0.1) is 10.8 Å². The molecule has 1 aliphatic heterocycles. The summed E-state index contributed by atoms with van der Waals surface area (Å²) in [5.74, 6) is 1.31. The van der Waals surface area contributed by atoms with E-state index in [4.69, 9.17) is 27.2 Å². The van der Waals surface area contributed by atoms with Crippen LogP contribution in [0.1, 0.15) is 0 Å². The van der Waals surface area contributed by atoms with Gasteiger partial charge in [-0.05, 0) is 35.9 Å². The van der Waals surface area contributed by atoms with Crippen molar-refractivity contribution in [1.29, 1.82) is 10.8 Å². The molecule has 0 aliphatic carbocycles. The van der Waals surface area contributed by atoms with Crippen LogP contribution in [0.2, 0.25) is 5.02 Å². The molecule has 2 aromatic carbocycles. The van der Waals surface area contributed by atoms with E-state index in [0.29, 0.717) is 35.5 Å². The zero-order chi connectivity index (χ0) is 23.7. The van der Waals surface area contributed by atoms with Crippen molar-refractivity contribution in [2.75, 3.05) is 43.2 Å². The third-order valence-corrected chi connectivity index (χ3v) is 6.08. The smallest absolute Gasteiger partial charge is 0.229 e. The quantitative estimate of drug-likeness (QED) is 0.337. The topological polar surface area (TPSA) is 107 Å². The van der Waals surface area contributed by atoms with Gasteiger partial charge in [-0.1, -0.05) is 23.7 Å². The maximum atomic E-state index is 8.30. The lowest BCUT2D eigenvalue weighted by molar-refractivity contribution is 0.122. The van der Waals surface area contributed by atoms with E-state index in [-0.39, 0.29) is 5.62 Å². The third-order valence-electron chi connectivity index (χ3n) is 5.85. The minimum atomic E-state index is -0.0464. The molecule has 0 unspecified atom stereocenters. The first-order valence-corrected chi connectivity index (χ1v) is 11.2. The van der Waals surface area contributed by atoms with Crippen LogP contribution in [-0.4, -0.2) is 59.2 Å². The lowest BCUT2D eigenvalue weighted by Crippen LogP contribution is -2.37. The second-order valence-electron chi connectivity index (χ2n) is 7.90. The predicted octanol–water partition coefficient (Wildman–Crippen LogP) is 3.69. The first kappa shape index (κ1) is 22.0. The van der Waals surface area contributed by atoms with Crippen molar-refractivity contribution < 1.29 is 4.74 Å². The van der Waals surface area contributed by atoms with Gasteiger partial charge in [-0.25, -0.2) is 9.97 Å². The van der Waals surface area contributed by atoms with E-state index in [1.54, 1.807) is 12.1 Å². The van der Waals surface area contributed by atoms with E-state index in [1.165, 1.54) is 4.57 Å². The summed E-state index contributed by atoms with van der Waals surface area (Å²) in [6.07, 6.45) is 4.74. The number of aromatic nitrogens is 4. The molecule has 10 heteroatoms. The predicted molar refractivity (Wildman–Crippen MR) is 133 cm³/mol. The molecule has 0 amide bonds. The van der Waals surface area contributed by atoms with Crippen molar-refractivity contribution in [2.45, 2.75) is 0 Å². The molecule has 4 aromatic rings. The molecule has 34 heavy (non-hydrogen) atoms. The van der Waals surface area contributed by atoms with Crippen LogP contribution in [0.15, 0.2) is 54.9 Å². The summed E-state index contributed by atoms with van der Waals surface area (Å²) < 4.78 is 6.79. The van der Waals surface area contributed by atoms with Gasteiger partial charge in [-0.3, -0.25) is 15.4 Å². The first-order chi connectivity index (χ1) is 16.5. The van der Waals surface area contributed by atoms with Crippen molar-refractivity contribution >= 4 is 46.3 Å². The van der Waals surface area contributed by atoms with Gasteiger partial charge < -0.3 is 14.5 Å². The Morgan fingerprint density at radius 1 is 1.06 bits per heavy atom. The minimum absolute atomic E-state index is 0.0464. The second-order valence-corrected chi connectivity index (χ2v) is 8.34. The van der Waals surface area contributed by atoms with Crippen molar-refractivity contribution in [3.63, 3.8) is 0 Å². The van der Waals surface area contributed by atoms with Gasteiger partial charge >= 0.3 is 0 Å². The van der Waals surface area contributed by atoms with E-state index < -0.39 is 0 Å². The van der Waals surface area contributed by atoms with Gasteiger partial charge in [0.15, 0.2) is 0 Å². The molecule has 9 nitrogen and oxygen atoms in total. The highest BCUT2D eigenvalue weighted by Gasteiger charge is 2.16. The van der Waals surface area contributed by atoms with Crippen LogP contribution >= 0.6 is 11.6 Å². The Bertz CT molecular complexity index is 1410. The highest BCUT2D eigenvalue weighted by molar-refractivity contribution is 6.31. The largest absolute Gasteiger partial charge is 0.378 e. The Morgan fingerprint density at radius 2 is 1.82 bits per heavy atom. The molecular formula is C24H23ClN8O. The molecule has 0 radical (unpaired) electrons. The first-order valence-electron chi connectivity index (χ1n) is 10.8. The number of morpholine rings is 1. The highest BCUT2D eigenvalue weighted by atomic mass is 35.5. The van der Waals surface area contributed by atoms with Crippen LogP contribution in [0.5, 0.6) is 0 Å². The number of hydrogen-bond acceptors (Lipinski definition) is 8. The fourth-order valence-corrected chi connectivity index (χ4v) is 4.19. The number of halogens is 1. The summed E-state index contributed by atoms with van der Waals surface area (Å²) in [5, 5.41) is 17.3. The molecule has 172 valence electrons. The van der Waals surface area contributed by atoms with Crippen molar-refractivity contribution in [1.82, 2.24) is 19.5 Å². The van der Waals surface area contributed by atoms with Crippen LogP contribution < -0.4 is 15.4 Å². The molecule has 0 saturated carbocycles. The maximum absolute atomic E-state index is 8.30. The molecule has 1 aliphatic rings. The summed E-state index contributed by atoms with van der Waals surface area (Å²) in [4.78, 5) is 17.6. The van der Waals surface area contributed by atoms with E-state index in [0.717, 1.165) is 41.6 Å². The summed E-state index contributed by atoms with van der Waals surface area (Å²) in [6.45, 7) is 2.96. The Balaban J connectivity index is 1.50. The number of benzene rings is 2. The molecule has 5 rings (SSSR count). The van der Waals surface area contributed by atoms with Crippen LogP contribution in [0.4, 0.5) is 17.5 Å². The molecule has 2 aromatic heterocycles. The third kappa shape index (κ3) is 4.11. The normalized spacial score (nSPS) is 13.8. The van der Waals surface area contributed by atoms with Crippen molar-refractivity contribution in [2.24, 2.45) is 0 Å². The Morgan fingerprint density at radius 3 is 2.56 bits per heavy atom. The number of hydrogen-bond donors (Lipinski definition) is 2. The van der Waals surface area contributed by atoms with E-state index in [9.17, 15) is 0 Å². The molecule has 1 fully saturated rings. The van der Waals surface area contributed by atoms with Gasteiger partial charge in [0.25, 0.3) is 0 Å².